The highest BCUT2D eigenvalue weighted by Crippen LogP contribution is 2.56. The van der Waals surface area contributed by atoms with Crippen LogP contribution in [-0.4, -0.2) is 87.5 Å². The molecule has 14 nitrogen and oxygen atoms in total. The maximum atomic E-state index is 13.3. The topological polar surface area (TPSA) is 207 Å². The lowest BCUT2D eigenvalue weighted by molar-refractivity contribution is -0.140. The number of amides is 3. The number of phenolic OH excluding ortho intramolecular Hbond substituents is 2. The Hall–Kier alpha value is -7.01. The van der Waals surface area contributed by atoms with Crippen molar-refractivity contribution in [2.24, 2.45) is 0 Å². The molecule has 4 heterocycles. The van der Waals surface area contributed by atoms with E-state index >= 15 is 0 Å². The molecule has 3 amide bonds. The summed E-state index contributed by atoms with van der Waals surface area (Å²) >= 11 is 0. The first-order valence-electron chi connectivity index (χ1n) is 20.4. The number of aromatic hydroxyl groups is 2. The average molecular weight is 890 g/mol. The zero-order valence-corrected chi connectivity index (χ0v) is 35.6. The van der Waals surface area contributed by atoms with Crippen molar-refractivity contribution in [3.63, 3.8) is 0 Å². The number of nitrogens with one attached hydrogen (secondary N) is 1. The summed E-state index contributed by atoms with van der Waals surface area (Å²) in [6.45, 7) is 0.438. The van der Waals surface area contributed by atoms with Gasteiger partial charge in [0.2, 0.25) is 15.9 Å². The minimum Gasteiger partial charge on any atom is -0.505 e. The van der Waals surface area contributed by atoms with Crippen LogP contribution in [0, 0.1) is 11.6 Å². The van der Waals surface area contributed by atoms with Gasteiger partial charge in [0.1, 0.15) is 22.7 Å². The first kappa shape index (κ1) is 42.3. The number of fused-ring (bicyclic) bond motifs is 4. The van der Waals surface area contributed by atoms with Gasteiger partial charge in [-0.1, -0.05) is 24.3 Å². The number of hydrogen-bond acceptors (Lipinski definition) is 10. The van der Waals surface area contributed by atoms with Crippen LogP contribution < -0.4 is 4.72 Å². The summed E-state index contributed by atoms with van der Waals surface area (Å²) in [4.78, 5) is 62.5. The SMILES string of the molecule is CN1Cc2c(c(O)c3ncc(Cc4ccc(F)cc4)cc3c2C2(C(=O)NS(C)(=O)=O)CC2)C1=O.CN1Cc2c(c(O)c3ncc(Cc4ccc(F)cc4)cc3c2C2(C(=O)O)CC2)C1=O. The lowest BCUT2D eigenvalue weighted by Gasteiger charge is -2.21. The number of benzene rings is 4. The molecule has 0 bridgehead atoms. The molecule has 4 aliphatic rings. The van der Waals surface area contributed by atoms with Gasteiger partial charge >= 0.3 is 5.97 Å². The van der Waals surface area contributed by atoms with Crippen molar-refractivity contribution in [1.82, 2.24) is 24.5 Å². The molecule has 0 unspecified atom stereocenters. The maximum absolute atomic E-state index is 13.3. The van der Waals surface area contributed by atoms with E-state index in [1.807, 2.05) is 6.07 Å². The van der Waals surface area contributed by atoms with Gasteiger partial charge < -0.3 is 25.1 Å². The van der Waals surface area contributed by atoms with Crippen LogP contribution in [0.2, 0.25) is 0 Å². The van der Waals surface area contributed by atoms with Crippen molar-refractivity contribution in [2.45, 2.75) is 62.4 Å². The van der Waals surface area contributed by atoms with Gasteiger partial charge in [0.25, 0.3) is 11.8 Å². The minimum atomic E-state index is -3.80. The summed E-state index contributed by atoms with van der Waals surface area (Å²) in [5.41, 5.74) is 4.00. The Bertz CT molecular complexity index is 3130. The van der Waals surface area contributed by atoms with Crippen LogP contribution in [0.15, 0.2) is 73.1 Å². The van der Waals surface area contributed by atoms with Gasteiger partial charge in [-0.05, 0) is 119 Å². The van der Waals surface area contributed by atoms with Crippen LogP contribution in [0.1, 0.15) is 90.9 Å². The number of aromatic nitrogens is 2. The lowest BCUT2D eigenvalue weighted by atomic mass is 9.84. The molecule has 17 heteroatoms. The molecule has 4 N–H and O–H groups in total. The number of aliphatic carboxylic acids is 1. The molecule has 0 atom stereocenters. The zero-order valence-electron chi connectivity index (χ0n) is 34.8. The van der Waals surface area contributed by atoms with Crippen LogP contribution in [-0.2, 0) is 56.4 Å². The molecule has 2 aliphatic carbocycles. The normalized spacial score (nSPS) is 16.6. The number of halogens is 2. The number of nitrogens with zero attached hydrogens (tertiary/aromatic N) is 4. The van der Waals surface area contributed by atoms with E-state index in [2.05, 4.69) is 14.7 Å². The van der Waals surface area contributed by atoms with Gasteiger partial charge in [0.15, 0.2) is 11.5 Å². The second-order valence-electron chi connectivity index (χ2n) is 17.2. The monoisotopic (exact) mass is 889 g/mol. The Morgan fingerprint density at radius 3 is 1.44 bits per heavy atom. The molecule has 4 aromatic carbocycles. The van der Waals surface area contributed by atoms with Gasteiger partial charge in [0.05, 0.1) is 28.2 Å². The third-order valence-electron chi connectivity index (χ3n) is 12.7. The highest BCUT2D eigenvalue weighted by molar-refractivity contribution is 7.89. The summed E-state index contributed by atoms with van der Waals surface area (Å²) in [6, 6.07) is 15.9. The van der Waals surface area contributed by atoms with Crippen molar-refractivity contribution >= 4 is 55.5 Å². The molecule has 6 aromatic rings. The van der Waals surface area contributed by atoms with Gasteiger partial charge in [-0.2, -0.15) is 0 Å². The van der Waals surface area contributed by atoms with Gasteiger partial charge in [0, 0.05) is 50.4 Å². The third kappa shape index (κ3) is 7.13. The first-order chi connectivity index (χ1) is 30.3. The van der Waals surface area contributed by atoms with E-state index in [0.717, 1.165) is 28.5 Å². The Balaban J connectivity index is 0.000000163. The first-order valence-corrected chi connectivity index (χ1v) is 22.3. The molecule has 0 spiro atoms. The Morgan fingerprint density at radius 1 is 0.688 bits per heavy atom. The van der Waals surface area contributed by atoms with Crippen molar-refractivity contribution in [1.29, 1.82) is 0 Å². The third-order valence-corrected chi connectivity index (χ3v) is 13.2. The molecule has 64 heavy (non-hydrogen) atoms. The summed E-state index contributed by atoms with van der Waals surface area (Å²) in [6.07, 6.45) is 6.78. The van der Waals surface area contributed by atoms with Crippen molar-refractivity contribution < 1.29 is 51.7 Å². The Morgan fingerprint density at radius 2 is 1.08 bits per heavy atom. The van der Waals surface area contributed by atoms with E-state index < -0.39 is 32.7 Å². The number of carbonyl (C=O) groups excluding carboxylic acids is 3. The summed E-state index contributed by atoms with van der Waals surface area (Å²) < 4.78 is 52.2. The predicted octanol–water partition coefficient (Wildman–Crippen LogP) is 5.74. The molecule has 2 aromatic heterocycles. The van der Waals surface area contributed by atoms with E-state index in [0.29, 0.717) is 71.6 Å². The van der Waals surface area contributed by atoms with E-state index in [1.54, 1.807) is 56.8 Å². The van der Waals surface area contributed by atoms with Gasteiger partial charge in [-0.15, -0.1) is 0 Å². The molecule has 2 saturated carbocycles. The second kappa shape index (κ2) is 15.1. The summed E-state index contributed by atoms with van der Waals surface area (Å²) in [5.74, 6) is -3.41. The number of sulfonamides is 1. The molecule has 10 rings (SSSR count). The molecule has 328 valence electrons. The number of hydrogen-bond donors (Lipinski definition) is 4. The number of carbonyl (C=O) groups is 4. The predicted molar refractivity (Wildman–Crippen MR) is 229 cm³/mol. The van der Waals surface area contributed by atoms with Crippen LogP contribution >= 0.6 is 0 Å². The number of carboxylic acids is 1. The van der Waals surface area contributed by atoms with E-state index in [4.69, 9.17) is 0 Å². The largest absolute Gasteiger partial charge is 0.505 e. The minimum absolute atomic E-state index is 0.0993. The highest BCUT2D eigenvalue weighted by atomic mass is 32.2. The Labute approximate surface area is 365 Å². The number of phenols is 2. The zero-order chi connectivity index (χ0) is 45.6. The molecule has 0 radical (unpaired) electrons. The standard InChI is InChI=1S/C24H22FN3O5S.C23H19FN2O4/c1-28-12-17-18(22(28)30)21(29)20-16(19(17)24(7-8-24)23(31)27-34(2,32)33)10-14(11-26-20)9-13-3-5-15(25)6-4-13;1-26-11-16-17(21(26)28)20(27)19-15(18(16)23(6-7-23)22(29)30)9-13(10-25-19)8-12-2-4-14(24)5-3-12/h3-6,10-11,29H,7-9,12H2,1-2H3,(H,27,31);2-5,9-10,27H,6-8,11H2,1H3,(H,29,30). The van der Waals surface area contributed by atoms with Gasteiger partial charge in [-0.25, -0.2) is 17.2 Å². The fourth-order valence-electron chi connectivity index (χ4n) is 9.29. The second-order valence-corrected chi connectivity index (χ2v) is 19.0. The van der Waals surface area contributed by atoms with E-state index in [9.17, 15) is 51.7 Å². The molecule has 2 aliphatic heterocycles. The fraction of sp³-hybridized carbons (Fsp3) is 0.277. The fourth-order valence-corrected chi connectivity index (χ4v) is 9.82. The molecular weight excluding hydrogens is 849 g/mol. The lowest BCUT2D eigenvalue weighted by Crippen LogP contribution is -2.38. The van der Waals surface area contributed by atoms with Crippen LogP contribution in [0.25, 0.3) is 21.8 Å². The van der Waals surface area contributed by atoms with Crippen molar-refractivity contribution in [3.8, 4) is 11.5 Å². The maximum Gasteiger partial charge on any atom is 0.314 e. The quantitative estimate of drug-likeness (QED) is 0.138. The number of rotatable bonds is 9. The Kier molecular flexibility index (Phi) is 9.96. The smallest absolute Gasteiger partial charge is 0.314 e. The van der Waals surface area contributed by atoms with Crippen molar-refractivity contribution in [3.05, 3.63) is 140 Å². The molecule has 0 saturated heterocycles. The number of pyridine rings is 2. The van der Waals surface area contributed by atoms with Crippen LogP contribution in [0.3, 0.4) is 0 Å². The molecule has 2 fully saturated rings. The van der Waals surface area contributed by atoms with Crippen LogP contribution in [0.5, 0.6) is 11.5 Å². The summed E-state index contributed by atoms with van der Waals surface area (Å²) in [7, 11) is -0.571. The highest BCUT2D eigenvalue weighted by Gasteiger charge is 2.57. The number of carboxylic acid groups (broad SMARTS) is 1. The average Bonchev–Trinajstić information content (AvgIpc) is 4.17. The van der Waals surface area contributed by atoms with Gasteiger partial charge in [-0.3, -0.25) is 33.9 Å². The van der Waals surface area contributed by atoms with Crippen molar-refractivity contribution in [2.75, 3.05) is 20.4 Å². The van der Waals surface area contributed by atoms with E-state index in [-0.39, 0.29) is 70.2 Å². The van der Waals surface area contributed by atoms with Crippen LogP contribution in [0.4, 0.5) is 8.78 Å². The summed E-state index contributed by atoms with van der Waals surface area (Å²) in [5, 5.41) is 32.8. The van der Waals surface area contributed by atoms with E-state index in [1.165, 1.54) is 34.1 Å². The molecular formula is C47H41F2N5O9S.